The Bertz CT molecular complexity index is 1320. The van der Waals surface area contributed by atoms with Crippen LogP contribution >= 0.6 is 49.9 Å². The Morgan fingerprint density at radius 1 is 1.09 bits per heavy atom. The van der Waals surface area contributed by atoms with E-state index in [1.54, 1.807) is 23.5 Å². The Kier molecular flexibility index (Phi) is 6.92. The third kappa shape index (κ3) is 4.72. The molecule has 0 saturated carbocycles. The van der Waals surface area contributed by atoms with Gasteiger partial charge in [-0.3, -0.25) is 10.1 Å². The van der Waals surface area contributed by atoms with Crippen LogP contribution in [0.3, 0.4) is 0 Å². The van der Waals surface area contributed by atoms with E-state index in [4.69, 9.17) is 0 Å². The molecule has 1 aromatic heterocycles. The zero-order valence-corrected chi connectivity index (χ0v) is 22.0. The van der Waals surface area contributed by atoms with Crippen LogP contribution in [0.1, 0.15) is 16.1 Å². The summed E-state index contributed by atoms with van der Waals surface area (Å²) in [5.74, 6) is 0. The molecule has 0 N–H and O–H groups in total. The lowest BCUT2D eigenvalue weighted by molar-refractivity contribution is -0.641. The summed E-state index contributed by atoms with van der Waals surface area (Å²) < 4.78 is 5.36. The van der Waals surface area contributed by atoms with Gasteiger partial charge < -0.3 is 4.90 Å². The summed E-state index contributed by atoms with van der Waals surface area (Å²) in [4.78, 5) is 12.8. The number of fused-ring (bicyclic) bond motifs is 1. The van der Waals surface area contributed by atoms with Crippen LogP contribution in [0.5, 0.6) is 0 Å². The van der Waals surface area contributed by atoms with Gasteiger partial charge in [0.05, 0.1) is 4.92 Å². The lowest BCUT2D eigenvalue weighted by atomic mass is 9.97. The largest absolute Gasteiger partial charge is 0.378 e. The van der Waals surface area contributed by atoms with Gasteiger partial charge >= 0.3 is 0 Å². The van der Waals surface area contributed by atoms with E-state index in [1.165, 1.54) is 10.2 Å². The zero-order chi connectivity index (χ0) is 22.8. The minimum atomic E-state index is -0.368. The van der Waals surface area contributed by atoms with Gasteiger partial charge in [0.2, 0.25) is 5.52 Å². The van der Waals surface area contributed by atoms with Crippen LogP contribution in [0.4, 0.5) is 11.4 Å². The number of nitro benzene ring substituents is 1. The molecule has 4 rings (SSSR count). The molecular weight excluding hydrogens is 601 g/mol. The van der Waals surface area contributed by atoms with Crippen LogP contribution in [-0.2, 0) is 4.55 Å². The van der Waals surface area contributed by atoms with Gasteiger partial charge in [-0.25, -0.2) is 0 Å². The molecule has 3 aromatic carbocycles. The van der Waals surface area contributed by atoms with E-state index in [1.807, 2.05) is 26.2 Å². The molecule has 0 unspecified atom stereocenters. The summed E-state index contributed by atoms with van der Waals surface area (Å²) in [6, 6.07) is 21.5. The maximum atomic E-state index is 11.1. The molecule has 5 nitrogen and oxygen atoms in total. The summed E-state index contributed by atoms with van der Waals surface area (Å²) in [5.41, 5.74) is 5.41. The lowest BCUT2D eigenvalue weighted by Gasteiger charge is -2.14. The van der Waals surface area contributed by atoms with Crippen molar-refractivity contribution >= 4 is 83.1 Å². The van der Waals surface area contributed by atoms with Gasteiger partial charge in [0.25, 0.3) is 10.7 Å². The molecule has 1 heterocycles. The predicted molar refractivity (Wildman–Crippen MR) is 145 cm³/mol. The van der Waals surface area contributed by atoms with Crippen LogP contribution in [0.15, 0.2) is 71.2 Å². The minimum absolute atomic E-state index is 0.0881. The van der Waals surface area contributed by atoms with Crippen molar-refractivity contribution in [1.82, 2.24) is 0 Å². The Balaban J connectivity index is 1.90. The van der Waals surface area contributed by atoms with Crippen molar-refractivity contribution in [2.45, 2.75) is 4.55 Å². The molecule has 0 aliphatic heterocycles. The second-order valence-electron chi connectivity index (χ2n) is 7.40. The monoisotopic (exact) mass is 620 g/mol. The van der Waals surface area contributed by atoms with Crippen molar-refractivity contribution < 1.29 is 9.49 Å². The zero-order valence-electron chi connectivity index (χ0n) is 17.5. The summed E-state index contributed by atoms with van der Waals surface area (Å²) in [6.07, 6.45) is 2.18. The van der Waals surface area contributed by atoms with Gasteiger partial charge in [0.15, 0.2) is 4.55 Å². The topological polar surface area (TPSA) is 50.3 Å². The highest BCUT2D eigenvalue weighted by Gasteiger charge is 2.20. The number of nitrogens with zero attached hydrogens (tertiary/aromatic N) is 3. The van der Waals surface area contributed by atoms with Gasteiger partial charge in [0.1, 0.15) is 4.70 Å². The Morgan fingerprint density at radius 3 is 2.28 bits per heavy atom. The lowest BCUT2D eigenvalue weighted by Crippen LogP contribution is -2.32. The van der Waals surface area contributed by atoms with Crippen LogP contribution in [0, 0.1) is 10.1 Å². The van der Waals surface area contributed by atoms with E-state index in [0.717, 1.165) is 36.4 Å². The highest BCUT2D eigenvalue weighted by atomic mass is 127. The summed E-state index contributed by atoms with van der Waals surface area (Å²) in [6.45, 7) is 0. The fourth-order valence-corrected chi connectivity index (χ4v) is 6.09. The number of anilines is 1. The Morgan fingerprint density at radius 2 is 1.72 bits per heavy atom. The smallest absolute Gasteiger partial charge is 0.269 e. The molecular formula is C24H20BrIN3O2S+. The second-order valence-corrected chi connectivity index (χ2v) is 10.1. The summed E-state index contributed by atoms with van der Waals surface area (Å²) in [5, 5.41) is 12.3. The van der Waals surface area contributed by atoms with E-state index in [-0.39, 0.29) is 10.6 Å². The highest BCUT2D eigenvalue weighted by Crippen LogP contribution is 2.32. The molecule has 0 aliphatic carbocycles. The van der Waals surface area contributed by atoms with E-state index < -0.39 is 0 Å². The van der Waals surface area contributed by atoms with Crippen molar-refractivity contribution in [2.75, 3.05) is 19.0 Å². The number of aromatic nitrogens is 1. The van der Waals surface area contributed by atoms with E-state index >= 15 is 0 Å². The van der Waals surface area contributed by atoms with Crippen molar-refractivity contribution in [3.05, 3.63) is 97.5 Å². The molecule has 162 valence electrons. The fraction of sp³-hybridized carbons (Fsp3) is 0.125. The van der Waals surface area contributed by atoms with Gasteiger partial charge in [0, 0.05) is 48.5 Å². The Labute approximate surface area is 212 Å². The third-order valence-corrected chi connectivity index (χ3v) is 7.43. The van der Waals surface area contributed by atoms with Crippen LogP contribution in [0.2, 0.25) is 0 Å². The molecule has 0 saturated heterocycles. The summed E-state index contributed by atoms with van der Waals surface area (Å²) in [7, 11) is 4.03. The summed E-state index contributed by atoms with van der Waals surface area (Å²) >= 11 is 7.68. The van der Waals surface area contributed by atoms with Gasteiger partial charge in [-0.05, 0) is 75.7 Å². The van der Waals surface area contributed by atoms with E-state index in [2.05, 4.69) is 96.5 Å². The standard InChI is InChI=1S/C24H20BrIN3O2S/c1-27(2)19-8-3-16(4-9-19)21(17-5-10-20(11-6-17)29(30)31)14-24-28(15-26)22-12-7-18(25)13-23(22)32-24/h3-14H,15H2,1-2H3/q+1. The maximum absolute atomic E-state index is 11.1. The molecule has 0 fully saturated rings. The quantitative estimate of drug-likeness (QED) is 0.0774. The normalized spacial score (nSPS) is 11.7. The number of benzene rings is 3. The first-order valence-electron chi connectivity index (χ1n) is 9.79. The highest BCUT2D eigenvalue weighted by molar-refractivity contribution is 14.1. The van der Waals surface area contributed by atoms with Crippen molar-refractivity contribution in [3.63, 3.8) is 0 Å². The average Bonchev–Trinajstić information content (AvgIpc) is 3.13. The molecule has 0 bridgehead atoms. The van der Waals surface area contributed by atoms with Crippen molar-refractivity contribution in [3.8, 4) is 0 Å². The molecule has 8 heteroatoms. The van der Waals surface area contributed by atoms with Gasteiger partial charge in [-0.2, -0.15) is 4.57 Å². The molecule has 0 atom stereocenters. The SMILES string of the molecule is CN(C)c1ccc(/C(=C\c2sc3cc(Br)ccc3[n+]2CI)c2ccc([N+](=O)[O-])cc2)cc1. The number of halogens is 2. The van der Waals surface area contributed by atoms with Crippen LogP contribution in [0.25, 0.3) is 21.9 Å². The first-order valence-corrected chi connectivity index (χ1v) is 12.9. The third-order valence-electron chi connectivity index (χ3n) is 5.16. The molecule has 32 heavy (non-hydrogen) atoms. The van der Waals surface area contributed by atoms with Crippen molar-refractivity contribution in [2.24, 2.45) is 0 Å². The number of alkyl halides is 1. The number of hydrogen-bond donors (Lipinski definition) is 0. The maximum Gasteiger partial charge on any atom is 0.269 e. The number of nitro groups is 1. The number of non-ortho nitro benzene ring substituents is 1. The predicted octanol–water partition coefficient (Wildman–Crippen LogP) is 6.91. The Hall–Kier alpha value is -2.30. The second kappa shape index (κ2) is 9.68. The van der Waals surface area contributed by atoms with Crippen LogP contribution < -0.4 is 9.47 Å². The average molecular weight is 621 g/mol. The van der Waals surface area contributed by atoms with E-state index in [9.17, 15) is 10.1 Å². The van der Waals surface area contributed by atoms with Gasteiger partial charge in [-0.1, -0.05) is 39.4 Å². The number of rotatable bonds is 6. The molecule has 0 aliphatic rings. The number of thiazole rings is 1. The molecule has 0 amide bonds. The number of hydrogen-bond acceptors (Lipinski definition) is 4. The first kappa shape index (κ1) is 22.9. The molecule has 4 aromatic rings. The molecule has 0 radical (unpaired) electrons. The van der Waals surface area contributed by atoms with E-state index in [0.29, 0.717) is 0 Å². The fourth-order valence-electron chi connectivity index (χ4n) is 3.47. The van der Waals surface area contributed by atoms with Crippen LogP contribution in [-0.4, -0.2) is 19.0 Å². The molecule has 0 spiro atoms. The van der Waals surface area contributed by atoms with Crippen molar-refractivity contribution in [1.29, 1.82) is 0 Å². The minimum Gasteiger partial charge on any atom is -0.378 e. The first-order chi connectivity index (χ1) is 15.4. The van der Waals surface area contributed by atoms with Gasteiger partial charge in [-0.15, -0.1) is 0 Å².